The Bertz CT molecular complexity index is 293. The first-order chi connectivity index (χ1) is 7.84. The van der Waals surface area contributed by atoms with Gasteiger partial charge in [-0.15, -0.1) is 11.6 Å². The molecule has 16 heavy (non-hydrogen) atoms. The van der Waals surface area contributed by atoms with Crippen LogP contribution < -0.4 is 5.32 Å². The van der Waals surface area contributed by atoms with Gasteiger partial charge >= 0.3 is 0 Å². The summed E-state index contributed by atoms with van der Waals surface area (Å²) >= 11 is 5.94. The van der Waals surface area contributed by atoms with E-state index in [-0.39, 0.29) is 0 Å². The van der Waals surface area contributed by atoms with Gasteiger partial charge in [-0.3, -0.25) is 0 Å². The number of halogens is 1. The second-order valence-electron chi connectivity index (χ2n) is 4.73. The van der Waals surface area contributed by atoms with Gasteiger partial charge in [-0.2, -0.15) is 0 Å². The fourth-order valence-corrected chi connectivity index (χ4v) is 2.69. The molecule has 0 heterocycles. The third-order valence-electron chi connectivity index (χ3n) is 3.27. The quantitative estimate of drug-likeness (QED) is 0.592. The molecular formula is C14H20ClN. The number of hydrogen-bond donors (Lipinski definition) is 1. The summed E-state index contributed by atoms with van der Waals surface area (Å²) in [6.45, 7) is 2.27. The average Bonchev–Trinajstić information content (AvgIpc) is 2.27. The molecule has 0 atom stereocenters. The molecule has 0 bridgehead atoms. The molecule has 1 nitrogen and oxygen atoms in total. The molecule has 1 aromatic rings. The molecule has 1 fully saturated rings. The van der Waals surface area contributed by atoms with Crippen LogP contribution in [0.5, 0.6) is 0 Å². The fraction of sp³-hybridized carbons (Fsp3) is 0.571. The summed E-state index contributed by atoms with van der Waals surface area (Å²) in [5.41, 5.74) is 1.44. The monoisotopic (exact) mass is 237 g/mol. The summed E-state index contributed by atoms with van der Waals surface area (Å²) in [5.74, 6) is 0.833. The highest BCUT2D eigenvalue weighted by Crippen LogP contribution is 2.30. The largest absolute Gasteiger partial charge is 0.316 e. The molecule has 0 aliphatic heterocycles. The first-order valence-corrected chi connectivity index (χ1v) is 6.67. The van der Waals surface area contributed by atoms with Gasteiger partial charge in [0.05, 0.1) is 0 Å². The fourth-order valence-electron chi connectivity index (χ4n) is 2.19. The zero-order valence-corrected chi connectivity index (χ0v) is 10.4. The standard InChI is InChI=1S/C14H20ClN/c15-14-9-13(10-14)11-16-8-4-7-12-5-2-1-3-6-12/h1-3,5-6,13-14,16H,4,7-11H2. The van der Waals surface area contributed by atoms with E-state index in [0.717, 1.165) is 19.0 Å². The molecule has 2 heteroatoms. The van der Waals surface area contributed by atoms with Gasteiger partial charge in [0, 0.05) is 5.38 Å². The third kappa shape index (κ3) is 3.80. The van der Waals surface area contributed by atoms with Crippen molar-refractivity contribution in [3.63, 3.8) is 0 Å². The number of alkyl halides is 1. The van der Waals surface area contributed by atoms with Crippen molar-refractivity contribution in [2.75, 3.05) is 13.1 Å². The minimum atomic E-state index is 0.455. The molecule has 1 N–H and O–H groups in total. The number of nitrogens with one attached hydrogen (secondary N) is 1. The van der Waals surface area contributed by atoms with E-state index in [4.69, 9.17) is 11.6 Å². The van der Waals surface area contributed by atoms with Gasteiger partial charge in [-0.05, 0) is 50.3 Å². The van der Waals surface area contributed by atoms with Gasteiger partial charge < -0.3 is 5.32 Å². The summed E-state index contributed by atoms with van der Waals surface area (Å²) in [7, 11) is 0. The van der Waals surface area contributed by atoms with Crippen LogP contribution in [0.2, 0.25) is 0 Å². The Labute approximate surface area is 103 Å². The summed E-state index contributed by atoms with van der Waals surface area (Å²) in [4.78, 5) is 0. The van der Waals surface area contributed by atoms with E-state index in [1.165, 1.54) is 31.2 Å². The van der Waals surface area contributed by atoms with E-state index in [0.29, 0.717) is 5.38 Å². The van der Waals surface area contributed by atoms with Crippen molar-refractivity contribution >= 4 is 11.6 Å². The Kier molecular flexibility index (Phi) is 4.68. The Morgan fingerprint density at radius 3 is 2.62 bits per heavy atom. The zero-order valence-electron chi connectivity index (χ0n) is 9.66. The summed E-state index contributed by atoms with van der Waals surface area (Å²) in [6, 6.07) is 10.7. The van der Waals surface area contributed by atoms with Crippen molar-refractivity contribution in [1.82, 2.24) is 5.32 Å². The highest BCUT2D eigenvalue weighted by Gasteiger charge is 2.26. The van der Waals surface area contributed by atoms with Gasteiger partial charge in [0.2, 0.25) is 0 Å². The second kappa shape index (κ2) is 6.27. The van der Waals surface area contributed by atoms with Crippen molar-refractivity contribution in [2.45, 2.75) is 31.1 Å². The van der Waals surface area contributed by atoms with Crippen molar-refractivity contribution in [3.05, 3.63) is 35.9 Å². The van der Waals surface area contributed by atoms with Crippen LogP contribution in [0.3, 0.4) is 0 Å². The second-order valence-corrected chi connectivity index (χ2v) is 5.35. The topological polar surface area (TPSA) is 12.0 Å². The smallest absolute Gasteiger partial charge is 0.0342 e. The zero-order chi connectivity index (χ0) is 11.2. The molecule has 2 rings (SSSR count). The SMILES string of the molecule is ClC1CC(CNCCCc2ccccc2)C1. The van der Waals surface area contributed by atoms with E-state index >= 15 is 0 Å². The van der Waals surface area contributed by atoms with Crippen LogP contribution in [-0.4, -0.2) is 18.5 Å². The van der Waals surface area contributed by atoms with Crippen LogP contribution in [0.1, 0.15) is 24.8 Å². The number of benzene rings is 1. The summed E-state index contributed by atoms with van der Waals surface area (Å²) in [6.07, 6.45) is 4.80. The minimum absolute atomic E-state index is 0.455. The molecule has 88 valence electrons. The summed E-state index contributed by atoms with van der Waals surface area (Å²) < 4.78 is 0. The van der Waals surface area contributed by atoms with Crippen molar-refractivity contribution in [3.8, 4) is 0 Å². The number of rotatable bonds is 6. The molecule has 0 unspecified atom stereocenters. The van der Waals surface area contributed by atoms with E-state index < -0.39 is 0 Å². The molecule has 0 spiro atoms. The maximum atomic E-state index is 5.94. The molecule has 0 amide bonds. The summed E-state index contributed by atoms with van der Waals surface area (Å²) in [5, 5.41) is 3.97. The van der Waals surface area contributed by atoms with Crippen molar-refractivity contribution < 1.29 is 0 Å². The molecule has 0 aromatic heterocycles. The van der Waals surface area contributed by atoms with Gasteiger partial charge in [0.1, 0.15) is 0 Å². The van der Waals surface area contributed by atoms with E-state index in [1.54, 1.807) is 0 Å². The van der Waals surface area contributed by atoms with Gasteiger partial charge in [0.25, 0.3) is 0 Å². The van der Waals surface area contributed by atoms with Gasteiger partial charge in [0.15, 0.2) is 0 Å². The molecule has 1 aliphatic carbocycles. The number of hydrogen-bond acceptors (Lipinski definition) is 1. The van der Waals surface area contributed by atoms with Crippen molar-refractivity contribution in [1.29, 1.82) is 0 Å². The molecule has 0 saturated heterocycles. The molecular weight excluding hydrogens is 218 g/mol. The number of aryl methyl sites for hydroxylation is 1. The van der Waals surface area contributed by atoms with E-state index in [9.17, 15) is 0 Å². The van der Waals surface area contributed by atoms with Crippen LogP contribution in [0.15, 0.2) is 30.3 Å². The Morgan fingerprint density at radius 1 is 1.19 bits per heavy atom. The normalized spacial score (nSPS) is 24.1. The minimum Gasteiger partial charge on any atom is -0.316 e. The molecule has 0 radical (unpaired) electrons. The van der Waals surface area contributed by atoms with E-state index in [1.807, 2.05) is 0 Å². The van der Waals surface area contributed by atoms with Crippen LogP contribution in [-0.2, 0) is 6.42 Å². The highest BCUT2D eigenvalue weighted by molar-refractivity contribution is 6.21. The predicted molar refractivity (Wildman–Crippen MR) is 70.0 cm³/mol. The van der Waals surface area contributed by atoms with Gasteiger partial charge in [-0.1, -0.05) is 30.3 Å². The maximum Gasteiger partial charge on any atom is 0.0342 e. The Morgan fingerprint density at radius 2 is 1.94 bits per heavy atom. The molecule has 1 aromatic carbocycles. The predicted octanol–water partition coefficient (Wildman–Crippen LogP) is 3.23. The highest BCUT2D eigenvalue weighted by atomic mass is 35.5. The molecule has 1 saturated carbocycles. The lowest BCUT2D eigenvalue weighted by Crippen LogP contribution is -2.34. The first-order valence-electron chi connectivity index (χ1n) is 6.23. The maximum absolute atomic E-state index is 5.94. The lowest BCUT2D eigenvalue weighted by atomic mass is 9.85. The van der Waals surface area contributed by atoms with Crippen LogP contribution in [0, 0.1) is 5.92 Å². The lowest BCUT2D eigenvalue weighted by molar-refractivity contribution is 0.309. The van der Waals surface area contributed by atoms with Gasteiger partial charge in [-0.25, -0.2) is 0 Å². The Balaban J connectivity index is 1.49. The third-order valence-corrected chi connectivity index (χ3v) is 3.63. The average molecular weight is 238 g/mol. The Hall–Kier alpha value is -0.530. The van der Waals surface area contributed by atoms with Crippen LogP contribution in [0.25, 0.3) is 0 Å². The molecule has 1 aliphatic rings. The van der Waals surface area contributed by atoms with Crippen molar-refractivity contribution in [2.24, 2.45) is 5.92 Å². The van der Waals surface area contributed by atoms with Crippen LogP contribution >= 0.6 is 11.6 Å². The van der Waals surface area contributed by atoms with E-state index in [2.05, 4.69) is 35.6 Å². The first kappa shape index (κ1) is 11.9. The lowest BCUT2D eigenvalue weighted by Gasteiger charge is -2.30. The van der Waals surface area contributed by atoms with Crippen LogP contribution in [0.4, 0.5) is 0 Å².